The number of hydrogen-bond donors (Lipinski definition) is 2. The van der Waals surface area contributed by atoms with Crippen LogP contribution in [0.1, 0.15) is 50.5 Å². The SMILES string of the molecule is CCOC(=O)CNC(=O)NC(=O)C(CC1CCCC1)c1ccc(Cl)c(Cl)c1. The van der Waals surface area contributed by atoms with E-state index in [4.69, 9.17) is 27.9 Å². The summed E-state index contributed by atoms with van der Waals surface area (Å²) in [6.45, 7) is 1.60. The van der Waals surface area contributed by atoms with Gasteiger partial charge in [-0.05, 0) is 37.0 Å². The fraction of sp³-hybridized carbons (Fsp3) is 0.526. The van der Waals surface area contributed by atoms with Gasteiger partial charge < -0.3 is 10.1 Å². The molecule has 1 atom stereocenters. The molecule has 0 aliphatic heterocycles. The molecule has 8 heteroatoms. The summed E-state index contributed by atoms with van der Waals surface area (Å²) in [5.41, 5.74) is 0.715. The number of amides is 3. The Hall–Kier alpha value is -1.79. The van der Waals surface area contributed by atoms with E-state index in [-0.39, 0.29) is 13.2 Å². The normalized spacial score (nSPS) is 15.2. The molecule has 1 aromatic rings. The second kappa shape index (κ2) is 10.5. The predicted octanol–water partition coefficient (Wildman–Crippen LogP) is 4.05. The molecule has 0 radical (unpaired) electrons. The first-order valence-electron chi connectivity index (χ1n) is 9.10. The Labute approximate surface area is 168 Å². The standard InChI is InChI=1S/C19H24Cl2N2O4/c1-2-27-17(24)11-22-19(26)23-18(25)14(9-12-5-3-4-6-12)13-7-8-15(20)16(21)10-13/h7-8,10,12,14H,2-6,9,11H2,1H3,(H2,22,23,25,26). The smallest absolute Gasteiger partial charge is 0.325 e. The van der Waals surface area contributed by atoms with Gasteiger partial charge >= 0.3 is 12.0 Å². The Balaban J connectivity index is 2.04. The minimum absolute atomic E-state index is 0.224. The zero-order valence-corrected chi connectivity index (χ0v) is 16.7. The minimum Gasteiger partial charge on any atom is -0.465 e. The highest BCUT2D eigenvalue weighted by atomic mass is 35.5. The van der Waals surface area contributed by atoms with Crippen LogP contribution in [0.15, 0.2) is 18.2 Å². The fourth-order valence-electron chi connectivity index (χ4n) is 3.31. The zero-order valence-electron chi connectivity index (χ0n) is 15.2. The molecular formula is C19H24Cl2N2O4. The Morgan fingerprint density at radius 3 is 2.52 bits per heavy atom. The topological polar surface area (TPSA) is 84.5 Å². The number of nitrogens with one attached hydrogen (secondary N) is 2. The minimum atomic E-state index is -0.732. The van der Waals surface area contributed by atoms with Crippen molar-refractivity contribution in [3.63, 3.8) is 0 Å². The van der Waals surface area contributed by atoms with Crippen LogP contribution in [0.25, 0.3) is 0 Å². The molecule has 2 rings (SSSR count). The Morgan fingerprint density at radius 1 is 1.19 bits per heavy atom. The van der Waals surface area contributed by atoms with E-state index in [1.165, 1.54) is 0 Å². The number of urea groups is 1. The lowest BCUT2D eigenvalue weighted by molar-refractivity contribution is -0.141. The van der Waals surface area contributed by atoms with Crippen LogP contribution in [0, 0.1) is 5.92 Å². The molecule has 0 spiro atoms. The molecule has 6 nitrogen and oxygen atoms in total. The van der Waals surface area contributed by atoms with Crippen molar-refractivity contribution >= 4 is 41.1 Å². The molecule has 0 saturated heterocycles. The summed E-state index contributed by atoms with van der Waals surface area (Å²) in [6.07, 6.45) is 5.08. The molecule has 2 N–H and O–H groups in total. The lowest BCUT2D eigenvalue weighted by atomic mass is 9.87. The molecule has 1 aromatic carbocycles. The lowest BCUT2D eigenvalue weighted by Gasteiger charge is -2.20. The van der Waals surface area contributed by atoms with E-state index < -0.39 is 23.8 Å². The summed E-state index contributed by atoms with van der Waals surface area (Å²) < 4.78 is 4.73. The molecule has 1 saturated carbocycles. The number of hydrogen-bond acceptors (Lipinski definition) is 4. The lowest BCUT2D eigenvalue weighted by Crippen LogP contribution is -2.44. The summed E-state index contributed by atoms with van der Waals surface area (Å²) in [4.78, 5) is 36.0. The van der Waals surface area contributed by atoms with Gasteiger partial charge in [-0.3, -0.25) is 14.9 Å². The van der Waals surface area contributed by atoms with Crippen molar-refractivity contribution in [3.8, 4) is 0 Å². The van der Waals surface area contributed by atoms with Crippen molar-refractivity contribution in [1.82, 2.24) is 10.6 Å². The van der Waals surface area contributed by atoms with Crippen molar-refractivity contribution in [1.29, 1.82) is 0 Å². The summed E-state index contributed by atoms with van der Waals surface area (Å²) in [6, 6.07) is 4.34. The highest BCUT2D eigenvalue weighted by molar-refractivity contribution is 6.42. The van der Waals surface area contributed by atoms with Crippen LogP contribution in [0.4, 0.5) is 4.79 Å². The predicted molar refractivity (Wildman–Crippen MR) is 104 cm³/mol. The third-order valence-electron chi connectivity index (χ3n) is 4.64. The summed E-state index contributed by atoms with van der Waals surface area (Å²) in [5, 5.41) is 5.41. The molecule has 0 heterocycles. The average Bonchev–Trinajstić information content (AvgIpc) is 3.14. The molecule has 148 valence electrons. The third-order valence-corrected chi connectivity index (χ3v) is 5.38. The summed E-state index contributed by atoms with van der Waals surface area (Å²) >= 11 is 12.1. The first kappa shape index (κ1) is 21.5. The van der Waals surface area contributed by atoms with E-state index >= 15 is 0 Å². The highest BCUT2D eigenvalue weighted by Gasteiger charge is 2.28. The quantitative estimate of drug-likeness (QED) is 0.659. The van der Waals surface area contributed by atoms with E-state index in [0.29, 0.717) is 27.9 Å². The van der Waals surface area contributed by atoms with Gasteiger partial charge in [-0.1, -0.05) is 55.0 Å². The Bertz CT molecular complexity index is 690. The van der Waals surface area contributed by atoms with Gasteiger partial charge in [0.15, 0.2) is 0 Å². The fourth-order valence-corrected chi connectivity index (χ4v) is 3.62. The number of rotatable bonds is 7. The van der Waals surface area contributed by atoms with E-state index in [0.717, 1.165) is 25.7 Å². The number of ether oxygens (including phenoxy) is 1. The van der Waals surface area contributed by atoms with Gasteiger partial charge in [-0.2, -0.15) is 0 Å². The molecular weight excluding hydrogens is 391 g/mol. The van der Waals surface area contributed by atoms with Crippen LogP contribution in [0.5, 0.6) is 0 Å². The van der Waals surface area contributed by atoms with Gasteiger partial charge in [0.2, 0.25) is 5.91 Å². The third kappa shape index (κ3) is 6.70. The van der Waals surface area contributed by atoms with Crippen molar-refractivity contribution in [3.05, 3.63) is 33.8 Å². The maximum Gasteiger partial charge on any atom is 0.325 e. The van der Waals surface area contributed by atoms with Crippen LogP contribution >= 0.6 is 23.2 Å². The molecule has 0 aromatic heterocycles. The molecule has 1 aliphatic rings. The summed E-state index contributed by atoms with van der Waals surface area (Å²) in [5.74, 6) is -1.08. The van der Waals surface area contributed by atoms with Gasteiger partial charge in [0.1, 0.15) is 6.54 Å². The first-order chi connectivity index (χ1) is 12.9. The van der Waals surface area contributed by atoms with Crippen LogP contribution in [0.3, 0.4) is 0 Å². The van der Waals surface area contributed by atoms with Crippen molar-refractivity contribution in [2.75, 3.05) is 13.2 Å². The van der Waals surface area contributed by atoms with E-state index in [9.17, 15) is 14.4 Å². The first-order valence-corrected chi connectivity index (χ1v) is 9.85. The number of carbonyl (C=O) groups excluding carboxylic acids is 3. The van der Waals surface area contributed by atoms with Gasteiger partial charge in [0.25, 0.3) is 0 Å². The van der Waals surface area contributed by atoms with E-state index in [1.807, 2.05) is 0 Å². The van der Waals surface area contributed by atoms with Gasteiger partial charge in [0.05, 0.1) is 22.6 Å². The molecule has 1 fully saturated rings. The maximum atomic E-state index is 12.7. The average molecular weight is 415 g/mol. The summed E-state index contributed by atoms with van der Waals surface area (Å²) in [7, 11) is 0. The number of halogens is 2. The highest BCUT2D eigenvalue weighted by Crippen LogP contribution is 2.36. The number of esters is 1. The molecule has 0 bridgehead atoms. The van der Waals surface area contributed by atoms with E-state index in [1.54, 1.807) is 25.1 Å². The second-order valence-electron chi connectivity index (χ2n) is 6.59. The van der Waals surface area contributed by atoms with Crippen LogP contribution in [-0.2, 0) is 14.3 Å². The van der Waals surface area contributed by atoms with E-state index in [2.05, 4.69) is 10.6 Å². The second-order valence-corrected chi connectivity index (χ2v) is 7.40. The molecule has 3 amide bonds. The van der Waals surface area contributed by atoms with Gasteiger partial charge in [0, 0.05) is 0 Å². The van der Waals surface area contributed by atoms with Crippen molar-refractivity contribution in [2.45, 2.75) is 44.9 Å². The van der Waals surface area contributed by atoms with Gasteiger partial charge in [-0.15, -0.1) is 0 Å². The zero-order chi connectivity index (χ0) is 19.8. The number of imide groups is 1. The molecule has 1 aliphatic carbocycles. The monoisotopic (exact) mass is 414 g/mol. The molecule has 1 unspecified atom stereocenters. The Kier molecular flexibility index (Phi) is 8.38. The molecule has 27 heavy (non-hydrogen) atoms. The van der Waals surface area contributed by atoms with Crippen LogP contribution in [0.2, 0.25) is 10.0 Å². The largest absolute Gasteiger partial charge is 0.465 e. The van der Waals surface area contributed by atoms with Crippen molar-refractivity contribution < 1.29 is 19.1 Å². The van der Waals surface area contributed by atoms with Crippen LogP contribution < -0.4 is 10.6 Å². The van der Waals surface area contributed by atoms with Crippen LogP contribution in [-0.4, -0.2) is 31.1 Å². The van der Waals surface area contributed by atoms with Crippen molar-refractivity contribution in [2.24, 2.45) is 5.92 Å². The Morgan fingerprint density at radius 2 is 1.89 bits per heavy atom. The maximum absolute atomic E-state index is 12.7. The van der Waals surface area contributed by atoms with Gasteiger partial charge in [-0.25, -0.2) is 4.79 Å². The number of benzene rings is 1. The number of carbonyl (C=O) groups is 3.